The fourth-order valence-electron chi connectivity index (χ4n) is 3.25. The maximum Gasteiger partial charge on any atom is 0.399 e. The van der Waals surface area contributed by atoms with Gasteiger partial charge >= 0.3 is 12.1 Å². The number of nitrogens with one attached hydrogen (secondary N) is 1. The Morgan fingerprint density at radius 3 is 2.21 bits per heavy atom. The second kappa shape index (κ2) is 8.77. The molecule has 0 spiro atoms. The van der Waals surface area contributed by atoms with Gasteiger partial charge in [-0.3, -0.25) is 4.79 Å². The van der Waals surface area contributed by atoms with Gasteiger partial charge in [-0.15, -0.1) is 0 Å². The van der Waals surface area contributed by atoms with Crippen LogP contribution in [0.5, 0.6) is 5.88 Å². The summed E-state index contributed by atoms with van der Waals surface area (Å²) in [7, 11) is 0. The molecule has 0 radical (unpaired) electrons. The largest absolute Gasteiger partial charge is 0.481 e. The molecular weight excluding hydrogens is 447 g/mol. The van der Waals surface area contributed by atoms with Crippen LogP contribution < -0.4 is 4.74 Å². The third-order valence-corrected chi connectivity index (χ3v) is 6.00. The third kappa shape index (κ3) is 4.93. The minimum Gasteiger partial charge on any atom is -0.481 e. The summed E-state index contributed by atoms with van der Waals surface area (Å²) >= 11 is 0. The van der Waals surface area contributed by atoms with E-state index in [1.807, 2.05) is 32.0 Å². The van der Waals surface area contributed by atoms with Gasteiger partial charge in [0, 0.05) is 35.3 Å². The van der Waals surface area contributed by atoms with Crippen molar-refractivity contribution >= 4 is 5.97 Å². The Labute approximate surface area is 196 Å². The number of imidazole rings is 1. The van der Waals surface area contributed by atoms with E-state index < -0.39 is 23.0 Å². The van der Waals surface area contributed by atoms with E-state index in [1.165, 1.54) is 6.20 Å². The lowest BCUT2D eigenvalue weighted by molar-refractivity contribution is -0.181. The summed E-state index contributed by atoms with van der Waals surface area (Å²) in [6.07, 6.45) is -1.52. The van der Waals surface area contributed by atoms with Gasteiger partial charge in [0.25, 0.3) is 0 Å². The summed E-state index contributed by atoms with van der Waals surface area (Å²) in [5, 5.41) is 9.22. The van der Waals surface area contributed by atoms with Gasteiger partial charge in [-0.05, 0) is 58.2 Å². The number of aromatic amines is 1. The highest BCUT2D eigenvalue weighted by Crippen LogP contribution is 2.40. The second-order valence-electron chi connectivity index (χ2n) is 9.61. The summed E-state index contributed by atoms with van der Waals surface area (Å²) < 4.78 is 45.7. The van der Waals surface area contributed by atoms with E-state index >= 15 is 0 Å². The Balaban J connectivity index is 1.84. The van der Waals surface area contributed by atoms with Crippen molar-refractivity contribution < 1.29 is 27.8 Å². The average molecular weight is 476 g/mol. The monoisotopic (exact) mass is 475 g/mol. The third-order valence-electron chi connectivity index (χ3n) is 6.00. The van der Waals surface area contributed by atoms with Crippen molar-refractivity contribution in [3.05, 3.63) is 53.5 Å². The Morgan fingerprint density at radius 1 is 1.00 bits per heavy atom. The molecule has 2 aromatic heterocycles. The molecule has 2 heterocycles. The number of carboxylic acid groups (broad SMARTS) is 1. The molecule has 3 rings (SSSR count). The molecule has 3 aromatic rings. The molecule has 0 atom stereocenters. The predicted octanol–water partition coefficient (Wildman–Crippen LogP) is 6.09. The van der Waals surface area contributed by atoms with Crippen LogP contribution in [0.4, 0.5) is 13.2 Å². The van der Waals surface area contributed by atoms with Crippen LogP contribution in [0.15, 0.2) is 36.7 Å². The quantitative estimate of drug-likeness (QED) is 0.432. The van der Waals surface area contributed by atoms with Gasteiger partial charge in [0.15, 0.2) is 0 Å². The van der Waals surface area contributed by atoms with Crippen LogP contribution in [0.1, 0.15) is 44.5 Å². The first kappa shape index (κ1) is 25.3. The molecule has 34 heavy (non-hydrogen) atoms. The number of carboxylic acids is 1. The average Bonchev–Trinajstić information content (AvgIpc) is 3.22. The molecule has 9 heteroatoms. The topological polar surface area (TPSA) is 88.1 Å². The van der Waals surface area contributed by atoms with E-state index in [1.54, 1.807) is 26.1 Å². The lowest BCUT2D eigenvalue weighted by Gasteiger charge is -2.26. The predicted molar refractivity (Wildman–Crippen MR) is 123 cm³/mol. The molecular formula is C25H28F3N3O3. The van der Waals surface area contributed by atoms with Crippen LogP contribution in [-0.2, 0) is 10.2 Å². The first-order chi connectivity index (χ1) is 15.6. The maximum atomic E-state index is 13.4. The highest BCUT2D eigenvalue weighted by Gasteiger charge is 2.49. The van der Waals surface area contributed by atoms with E-state index in [0.29, 0.717) is 17.3 Å². The number of aryl methyl sites for hydroxylation is 2. The first-order valence-electron chi connectivity index (χ1n) is 10.7. The number of pyridine rings is 1. The molecule has 0 amide bonds. The number of aliphatic carboxylic acids is 1. The number of carbonyl (C=O) groups is 1. The van der Waals surface area contributed by atoms with Crippen LogP contribution in [0.2, 0.25) is 0 Å². The molecule has 0 saturated heterocycles. The number of benzene rings is 1. The SMILES string of the molecule is Cc1cc(OCC(C)(C)C(=O)O)ncc1-c1ccc(-c2ncc(C(C)(C)C(F)(F)F)[nH]2)c(C)c1. The maximum absolute atomic E-state index is 13.4. The zero-order valence-corrected chi connectivity index (χ0v) is 20.0. The lowest BCUT2D eigenvalue weighted by atomic mass is 9.89. The van der Waals surface area contributed by atoms with Gasteiger partial charge in [0.1, 0.15) is 17.8 Å². The molecule has 0 aliphatic heterocycles. The number of aromatic nitrogens is 3. The normalized spacial score (nSPS) is 12.6. The summed E-state index contributed by atoms with van der Waals surface area (Å²) in [5.41, 5.74) is 1.09. The number of alkyl halides is 3. The van der Waals surface area contributed by atoms with Crippen molar-refractivity contribution in [3.8, 4) is 28.4 Å². The van der Waals surface area contributed by atoms with Gasteiger partial charge < -0.3 is 14.8 Å². The summed E-state index contributed by atoms with van der Waals surface area (Å²) in [6.45, 7) is 9.13. The molecule has 2 N–H and O–H groups in total. The van der Waals surface area contributed by atoms with Crippen molar-refractivity contribution in [2.75, 3.05) is 6.61 Å². The molecule has 0 fully saturated rings. The van der Waals surface area contributed by atoms with Gasteiger partial charge in [0.2, 0.25) is 5.88 Å². The van der Waals surface area contributed by atoms with E-state index in [4.69, 9.17) is 4.74 Å². The zero-order valence-electron chi connectivity index (χ0n) is 20.0. The highest BCUT2D eigenvalue weighted by atomic mass is 19.4. The van der Waals surface area contributed by atoms with Gasteiger partial charge in [-0.25, -0.2) is 9.97 Å². The van der Waals surface area contributed by atoms with Gasteiger partial charge in [-0.1, -0.05) is 18.2 Å². The Bertz CT molecular complexity index is 1210. The smallest absolute Gasteiger partial charge is 0.399 e. The fraction of sp³-hybridized carbons (Fsp3) is 0.400. The molecule has 0 aliphatic carbocycles. The number of hydrogen-bond donors (Lipinski definition) is 2. The Kier molecular flexibility index (Phi) is 6.52. The number of halogens is 3. The van der Waals surface area contributed by atoms with Crippen molar-refractivity contribution in [1.82, 2.24) is 15.0 Å². The lowest BCUT2D eigenvalue weighted by Crippen LogP contribution is -2.36. The first-order valence-corrected chi connectivity index (χ1v) is 10.7. The minimum absolute atomic E-state index is 0.000172. The molecule has 1 aromatic carbocycles. The van der Waals surface area contributed by atoms with Crippen LogP contribution >= 0.6 is 0 Å². The van der Waals surface area contributed by atoms with Crippen LogP contribution in [-0.4, -0.2) is 38.8 Å². The number of ether oxygens (including phenoxy) is 1. The van der Waals surface area contributed by atoms with E-state index in [9.17, 15) is 23.1 Å². The summed E-state index contributed by atoms with van der Waals surface area (Å²) in [6, 6.07) is 7.34. The van der Waals surface area contributed by atoms with Crippen molar-refractivity contribution in [1.29, 1.82) is 0 Å². The second-order valence-corrected chi connectivity index (χ2v) is 9.61. The van der Waals surface area contributed by atoms with Gasteiger partial charge in [-0.2, -0.15) is 13.2 Å². The minimum atomic E-state index is -4.40. The molecule has 182 valence electrons. The van der Waals surface area contributed by atoms with Crippen molar-refractivity contribution in [2.24, 2.45) is 5.41 Å². The fourth-order valence-corrected chi connectivity index (χ4v) is 3.25. The zero-order chi connectivity index (χ0) is 25.5. The highest BCUT2D eigenvalue weighted by molar-refractivity contribution is 5.74. The van der Waals surface area contributed by atoms with E-state index in [-0.39, 0.29) is 12.3 Å². The molecule has 0 unspecified atom stereocenters. The Hall–Kier alpha value is -3.36. The van der Waals surface area contributed by atoms with Crippen LogP contribution in [0.25, 0.3) is 22.5 Å². The van der Waals surface area contributed by atoms with Crippen molar-refractivity contribution in [3.63, 3.8) is 0 Å². The summed E-state index contributed by atoms with van der Waals surface area (Å²) in [5.74, 6) is -0.252. The van der Waals surface area contributed by atoms with Gasteiger partial charge in [0.05, 0.1) is 5.41 Å². The number of rotatable bonds is 7. The molecule has 0 aliphatic rings. The van der Waals surface area contributed by atoms with Crippen LogP contribution in [0, 0.1) is 19.3 Å². The molecule has 0 saturated carbocycles. The van der Waals surface area contributed by atoms with Crippen molar-refractivity contribution in [2.45, 2.75) is 53.1 Å². The molecule has 6 nitrogen and oxygen atoms in total. The summed E-state index contributed by atoms with van der Waals surface area (Å²) in [4.78, 5) is 22.6. The van der Waals surface area contributed by atoms with E-state index in [2.05, 4.69) is 15.0 Å². The standard InChI is InChI=1S/C25H28F3N3O3/c1-14-9-16(18-11-29-20(10-15(18)2)34-13-23(3,4)22(32)33)7-8-17(14)21-30-12-19(31-21)24(5,6)25(26,27)28/h7-12H,13H2,1-6H3,(H,30,31)(H,32,33). The number of hydrogen-bond acceptors (Lipinski definition) is 4. The molecule has 0 bridgehead atoms. The Morgan fingerprint density at radius 2 is 1.65 bits per heavy atom. The van der Waals surface area contributed by atoms with Crippen LogP contribution in [0.3, 0.4) is 0 Å². The number of nitrogens with zero attached hydrogens (tertiary/aromatic N) is 2. The van der Waals surface area contributed by atoms with E-state index in [0.717, 1.165) is 36.1 Å². The number of H-pyrrole nitrogens is 1.